The van der Waals surface area contributed by atoms with Crippen LogP contribution in [0.15, 0.2) is 24.3 Å². The minimum absolute atomic E-state index is 0.122. The summed E-state index contributed by atoms with van der Waals surface area (Å²) >= 11 is 5.80. The van der Waals surface area contributed by atoms with E-state index < -0.39 is 6.04 Å². The summed E-state index contributed by atoms with van der Waals surface area (Å²) in [7, 11) is 0. The largest absolute Gasteiger partial charge is 0.264 e. The normalized spacial score (nSPS) is 14.8. The van der Waals surface area contributed by atoms with E-state index in [1.807, 2.05) is 13.0 Å². The summed E-state index contributed by atoms with van der Waals surface area (Å²) in [6.45, 7) is 3.44. The second-order valence-corrected chi connectivity index (χ2v) is 3.81. The van der Waals surface area contributed by atoms with E-state index >= 15 is 0 Å². The molecule has 4 heteroatoms. The van der Waals surface area contributed by atoms with E-state index in [4.69, 9.17) is 11.6 Å². The fourth-order valence-electron chi connectivity index (χ4n) is 1.25. The van der Waals surface area contributed by atoms with E-state index in [2.05, 4.69) is 0 Å². The highest BCUT2D eigenvalue weighted by Crippen LogP contribution is 2.23. The molecule has 1 aromatic carbocycles. The maximum atomic E-state index is 10.6. The Labute approximate surface area is 87.8 Å². The van der Waals surface area contributed by atoms with Gasteiger partial charge >= 0.3 is 0 Å². The first-order valence-electron chi connectivity index (χ1n) is 4.41. The van der Waals surface area contributed by atoms with Gasteiger partial charge in [0.05, 0.1) is 0 Å². The zero-order valence-electron chi connectivity index (χ0n) is 8.11. The third kappa shape index (κ3) is 2.45. The Morgan fingerprint density at radius 2 is 2.07 bits per heavy atom. The molecule has 14 heavy (non-hydrogen) atoms. The van der Waals surface area contributed by atoms with E-state index in [0.29, 0.717) is 5.02 Å². The molecule has 3 nitrogen and oxygen atoms in total. The Morgan fingerprint density at radius 1 is 1.43 bits per heavy atom. The van der Waals surface area contributed by atoms with E-state index in [-0.39, 0.29) is 10.8 Å². The molecule has 0 saturated heterocycles. The number of hydrogen-bond acceptors (Lipinski definition) is 2. The van der Waals surface area contributed by atoms with Crippen LogP contribution in [0, 0.1) is 10.1 Å². The number of benzene rings is 1. The summed E-state index contributed by atoms with van der Waals surface area (Å²) in [5.41, 5.74) is 0.904. The molecule has 0 N–H and O–H groups in total. The zero-order chi connectivity index (χ0) is 10.7. The summed E-state index contributed by atoms with van der Waals surface area (Å²) in [4.78, 5) is 10.3. The molecule has 0 aliphatic heterocycles. The molecule has 0 aliphatic rings. The van der Waals surface area contributed by atoms with Crippen molar-refractivity contribution in [3.63, 3.8) is 0 Å². The molecule has 0 spiro atoms. The van der Waals surface area contributed by atoms with Gasteiger partial charge in [-0.2, -0.15) is 0 Å². The molecule has 2 atom stereocenters. The summed E-state index contributed by atoms with van der Waals surface area (Å²) < 4.78 is 0. The zero-order valence-corrected chi connectivity index (χ0v) is 8.86. The Balaban J connectivity index is 2.89. The van der Waals surface area contributed by atoms with Crippen LogP contribution in [0.25, 0.3) is 0 Å². The SMILES string of the molecule is C[C@H](c1cccc(Cl)c1)[C@H](C)[N+](=O)[O-]. The van der Waals surface area contributed by atoms with Crippen LogP contribution in [0.3, 0.4) is 0 Å². The van der Waals surface area contributed by atoms with Crippen molar-refractivity contribution < 1.29 is 4.92 Å². The summed E-state index contributed by atoms with van der Waals surface area (Å²) in [6, 6.07) is 6.60. The topological polar surface area (TPSA) is 43.1 Å². The first-order valence-corrected chi connectivity index (χ1v) is 4.79. The number of halogens is 1. The highest BCUT2D eigenvalue weighted by molar-refractivity contribution is 6.30. The van der Waals surface area contributed by atoms with Crippen molar-refractivity contribution in [1.82, 2.24) is 0 Å². The van der Waals surface area contributed by atoms with Gasteiger partial charge in [0, 0.05) is 22.8 Å². The minimum Gasteiger partial charge on any atom is -0.264 e. The van der Waals surface area contributed by atoms with Crippen molar-refractivity contribution in [2.24, 2.45) is 0 Å². The van der Waals surface area contributed by atoms with E-state index in [1.165, 1.54) is 0 Å². The second-order valence-electron chi connectivity index (χ2n) is 3.37. The van der Waals surface area contributed by atoms with Gasteiger partial charge in [-0.15, -0.1) is 0 Å². The number of rotatable bonds is 3. The first-order chi connectivity index (χ1) is 6.52. The van der Waals surface area contributed by atoms with Crippen molar-refractivity contribution >= 4 is 11.6 Å². The predicted molar refractivity (Wildman–Crippen MR) is 56.3 cm³/mol. The fourth-order valence-corrected chi connectivity index (χ4v) is 1.45. The molecule has 76 valence electrons. The molecule has 0 unspecified atom stereocenters. The van der Waals surface area contributed by atoms with Gasteiger partial charge in [-0.3, -0.25) is 10.1 Å². The van der Waals surface area contributed by atoms with Crippen LogP contribution in [-0.2, 0) is 0 Å². The van der Waals surface area contributed by atoms with E-state index in [9.17, 15) is 10.1 Å². The minimum atomic E-state index is -0.589. The molecule has 1 aromatic rings. The van der Waals surface area contributed by atoms with Gasteiger partial charge < -0.3 is 0 Å². The molecule has 0 aliphatic carbocycles. The maximum absolute atomic E-state index is 10.6. The lowest BCUT2D eigenvalue weighted by atomic mass is 9.95. The van der Waals surface area contributed by atoms with Crippen LogP contribution >= 0.6 is 11.6 Å². The van der Waals surface area contributed by atoms with Gasteiger partial charge in [-0.05, 0) is 17.7 Å². The van der Waals surface area contributed by atoms with Gasteiger partial charge in [-0.25, -0.2) is 0 Å². The Bertz CT molecular complexity index is 341. The monoisotopic (exact) mass is 213 g/mol. The molecule has 0 amide bonds. The Hall–Kier alpha value is -1.09. The summed E-state index contributed by atoms with van der Waals surface area (Å²) in [5.74, 6) is -0.122. The Morgan fingerprint density at radius 3 is 2.57 bits per heavy atom. The maximum Gasteiger partial charge on any atom is 0.216 e. The molecular formula is C10H12ClNO2. The number of nitrogens with zero attached hydrogens (tertiary/aromatic N) is 1. The number of nitro groups is 1. The second kappa shape index (κ2) is 4.42. The van der Waals surface area contributed by atoms with Gasteiger partial charge in [0.15, 0.2) is 0 Å². The van der Waals surface area contributed by atoms with Gasteiger partial charge in [0.1, 0.15) is 0 Å². The Kier molecular flexibility index (Phi) is 3.47. The van der Waals surface area contributed by atoms with Crippen LogP contribution < -0.4 is 0 Å². The number of hydrogen-bond donors (Lipinski definition) is 0. The molecule has 0 aromatic heterocycles. The van der Waals surface area contributed by atoms with Gasteiger partial charge in [-0.1, -0.05) is 30.7 Å². The molecule has 0 bridgehead atoms. The average Bonchev–Trinajstić information content (AvgIpc) is 2.15. The highest BCUT2D eigenvalue weighted by Gasteiger charge is 2.23. The predicted octanol–water partition coefficient (Wildman–Crippen LogP) is 3.11. The van der Waals surface area contributed by atoms with Crippen molar-refractivity contribution in [2.45, 2.75) is 25.8 Å². The lowest BCUT2D eigenvalue weighted by Crippen LogP contribution is -2.21. The molecule has 0 radical (unpaired) electrons. The summed E-state index contributed by atoms with van der Waals surface area (Å²) in [5, 5.41) is 11.2. The van der Waals surface area contributed by atoms with Crippen molar-refractivity contribution in [3.05, 3.63) is 45.0 Å². The summed E-state index contributed by atoms with van der Waals surface area (Å²) in [6.07, 6.45) is 0. The van der Waals surface area contributed by atoms with Crippen molar-refractivity contribution in [1.29, 1.82) is 0 Å². The molecule has 0 fully saturated rings. The van der Waals surface area contributed by atoms with Crippen LogP contribution in [0.5, 0.6) is 0 Å². The molecular weight excluding hydrogens is 202 g/mol. The standard InChI is InChI=1S/C10H12ClNO2/c1-7(8(2)12(13)14)9-4-3-5-10(11)6-9/h3-8H,1-2H3/t7-,8-/m0/s1. The quantitative estimate of drug-likeness (QED) is 0.572. The van der Waals surface area contributed by atoms with Crippen molar-refractivity contribution in [2.75, 3.05) is 0 Å². The van der Waals surface area contributed by atoms with E-state index in [1.54, 1.807) is 25.1 Å². The third-order valence-corrected chi connectivity index (χ3v) is 2.67. The highest BCUT2D eigenvalue weighted by atomic mass is 35.5. The first kappa shape index (κ1) is 11.0. The van der Waals surface area contributed by atoms with Gasteiger partial charge in [0.2, 0.25) is 6.04 Å². The average molecular weight is 214 g/mol. The van der Waals surface area contributed by atoms with Crippen LogP contribution in [0.4, 0.5) is 0 Å². The van der Waals surface area contributed by atoms with Crippen molar-refractivity contribution in [3.8, 4) is 0 Å². The smallest absolute Gasteiger partial charge is 0.216 e. The molecule has 0 saturated carbocycles. The fraction of sp³-hybridized carbons (Fsp3) is 0.400. The third-order valence-electron chi connectivity index (χ3n) is 2.43. The van der Waals surface area contributed by atoms with Crippen LogP contribution in [0.2, 0.25) is 5.02 Å². The lowest BCUT2D eigenvalue weighted by Gasteiger charge is -2.13. The molecule has 0 heterocycles. The molecule has 1 rings (SSSR count). The van der Waals surface area contributed by atoms with Gasteiger partial charge in [0.25, 0.3) is 0 Å². The van der Waals surface area contributed by atoms with Crippen LogP contribution in [-0.4, -0.2) is 11.0 Å². The van der Waals surface area contributed by atoms with Crippen LogP contribution in [0.1, 0.15) is 25.3 Å². The lowest BCUT2D eigenvalue weighted by molar-refractivity contribution is -0.521. The van der Waals surface area contributed by atoms with E-state index in [0.717, 1.165) is 5.56 Å².